The van der Waals surface area contributed by atoms with E-state index in [1.807, 2.05) is 39.0 Å². The molecule has 2 rings (SSSR count). The van der Waals surface area contributed by atoms with Crippen molar-refractivity contribution in [3.05, 3.63) is 39.9 Å². The number of benzene rings is 1. The first-order valence-corrected chi connectivity index (χ1v) is 8.91. The van der Waals surface area contributed by atoms with Gasteiger partial charge < -0.3 is 10.6 Å². The van der Waals surface area contributed by atoms with E-state index in [-0.39, 0.29) is 35.6 Å². The molecule has 1 aromatic carbocycles. The largest absolute Gasteiger partial charge is 0.347 e. The fraction of sp³-hybridized carbons (Fsp3) is 0.474. The SMILES string of the molecule is CC(C)=CC1C(C(=O)NCC(=O)Nc2ccc(Br)cc2C)C1(C)C. The number of nitrogens with one attached hydrogen (secondary N) is 2. The number of hydrogen-bond donors (Lipinski definition) is 2. The number of halogens is 1. The summed E-state index contributed by atoms with van der Waals surface area (Å²) in [5, 5.41) is 5.59. The van der Waals surface area contributed by atoms with E-state index in [1.165, 1.54) is 5.57 Å². The zero-order valence-electron chi connectivity index (χ0n) is 14.9. The van der Waals surface area contributed by atoms with Crippen LogP contribution in [0.3, 0.4) is 0 Å². The highest BCUT2D eigenvalue weighted by atomic mass is 79.9. The van der Waals surface area contributed by atoms with E-state index in [4.69, 9.17) is 0 Å². The van der Waals surface area contributed by atoms with Gasteiger partial charge in [-0.15, -0.1) is 0 Å². The molecule has 0 spiro atoms. The molecule has 4 nitrogen and oxygen atoms in total. The van der Waals surface area contributed by atoms with Gasteiger partial charge in [0.1, 0.15) is 0 Å². The number of hydrogen-bond acceptors (Lipinski definition) is 2. The maximum absolute atomic E-state index is 12.4. The molecule has 130 valence electrons. The number of carbonyl (C=O) groups excluding carboxylic acids is 2. The summed E-state index contributed by atoms with van der Waals surface area (Å²) >= 11 is 3.39. The molecule has 0 bridgehead atoms. The maximum atomic E-state index is 12.4. The third-order valence-electron chi connectivity index (χ3n) is 4.59. The minimum Gasteiger partial charge on any atom is -0.347 e. The molecule has 24 heavy (non-hydrogen) atoms. The predicted octanol–water partition coefficient (Wildman–Crippen LogP) is 4.05. The van der Waals surface area contributed by atoms with Gasteiger partial charge in [0.2, 0.25) is 11.8 Å². The van der Waals surface area contributed by atoms with E-state index < -0.39 is 0 Å². The summed E-state index contributed by atoms with van der Waals surface area (Å²) in [7, 11) is 0. The van der Waals surface area contributed by atoms with Crippen LogP contribution < -0.4 is 10.6 Å². The summed E-state index contributed by atoms with van der Waals surface area (Å²) in [6.07, 6.45) is 2.15. The number of carbonyl (C=O) groups is 2. The molecule has 2 atom stereocenters. The molecular weight excluding hydrogens is 368 g/mol. The molecule has 0 aliphatic heterocycles. The second kappa shape index (κ2) is 7.09. The van der Waals surface area contributed by atoms with Crippen LogP contribution in [-0.2, 0) is 9.59 Å². The van der Waals surface area contributed by atoms with Crippen molar-refractivity contribution in [3.8, 4) is 0 Å². The zero-order valence-corrected chi connectivity index (χ0v) is 16.5. The molecule has 1 aliphatic carbocycles. The minimum absolute atomic E-state index is 0.0114. The lowest BCUT2D eigenvalue weighted by Crippen LogP contribution is -2.34. The maximum Gasteiger partial charge on any atom is 0.243 e. The first-order chi connectivity index (χ1) is 11.1. The van der Waals surface area contributed by atoms with Crippen molar-refractivity contribution in [3.63, 3.8) is 0 Å². The molecule has 0 radical (unpaired) electrons. The van der Waals surface area contributed by atoms with E-state index in [1.54, 1.807) is 0 Å². The summed E-state index contributed by atoms with van der Waals surface area (Å²) in [6.45, 7) is 10.2. The Bertz CT molecular complexity index is 691. The van der Waals surface area contributed by atoms with Crippen LogP contribution in [0.4, 0.5) is 5.69 Å². The Morgan fingerprint density at radius 1 is 1.29 bits per heavy atom. The normalized spacial score (nSPS) is 20.9. The molecule has 1 aliphatic rings. The molecule has 0 saturated heterocycles. The van der Waals surface area contributed by atoms with Gasteiger partial charge in [-0.3, -0.25) is 9.59 Å². The number of rotatable bonds is 5. The predicted molar refractivity (Wildman–Crippen MR) is 101 cm³/mol. The first-order valence-electron chi connectivity index (χ1n) is 8.11. The molecule has 2 amide bonds. The molecule has 2 N–H and O–H groups in total. The highest BCUT2D eigenvalue weighted by Crippen LogP contribution is 2.59. The summed E-state index contributed by atoms with van der Waals surface area (Å²) in [6, 6.07) is 5.65. The number of allylic oxidation sites excluding steroid dienone is 2. The highest BCUT2D eigenvalue weighted by Gasteiger charge is 2.60. The summed E-state index contributed by atoms with van der Waals surface area (Å²) in [5.41, 5.74) is 2.90. The lowest BCUT2D eigenvalue weighted by Gasteiger charge is -2.10. The Kier molecular flexibility index (Phi) is 5.53. The third kappa shape index (κ3) is 4.26. The van der Waals surface area contributed by atoms with Crippen LogP contribution >= 0.6 is 15.9 Å². The van der Waals surface area contributed by atoms with Gasteiger partial charge in [0.05, 0.1) is 12.5 Å². The third-order valence-corrected chi connectivity index (χ3v) is 5.09. The topological polar surface area (TPSA) is 58.2 Å². The van der Waals surface area contributed by atoms with Crippen molar-refractivity contribution < 1.29 is 9.59 Å². The Balaban J connectivity index is 1.88. The van der Waals surface area contributed by atoms with Crippen molar-refractivity contribution in [2.24, 2.45) is 17.3 Å². The lowest BCUT2D eigenvalue weighted by atomic mass is 10.1. The molecule has 1 saturated carbocycles. The van der Waals surface area contributed by atoms with Crippen LogP contribution in [0, 0.1) is 24.2 Å². The zero-order chi connectivity index (χ0) is 18.1. The van der Waals surface area contributed by atoms with Crippen molar-refractivity contribution >= 4 is 33.4 Å². The average Bonchev–Trinajstić information content (AvgIpc) is 2.99. The van der Waals surface area contributed by atoms with E-state index in [9.17, 15) is 9.59 Å². The molecule has 2 unspecified atom stereocenters. The van der Waals surface area contributed by atoms with Crippen LogP contribution in [0.1, 0.15) is 33.3 Å². The standard InChI is InChI=1S/C19H25BrN2O2/c1-11(2)8-14-17(19(14,4)5)18(24)21-10-16(23)22-15-7-6-13(20)9-12(15)3/h6-9,14,17H,10H2,1-5H3,(H,21,24)(H,22,23). The van der Waals surface area contributed by atoms with E-state index in [0.29, 0.717) is 0 Å². The smallest absolute Gasteiger partial charge is 0.243 e. The van der Waals surface area contributed by atoms with Gasteiger partial charge in [-0.1, -0.05) is 41.4 Å². The van der Waals surface area contributed by atoms with Crippen LogP contribution in [-0.4, -0.2) is 18.4 Å². The Labute approximate surface area is 152 Å². The quantitative estimate of drug-likeness (QED) is 0.742. The lowest BCUT2D eigenvalue weighted by molar-refractivity contribution is -0.125. The van der Waals surface area contributed by atoms with Crippen molar-refractivity contribution in [1.29, 1.82) is 0 Å². The van der Waals surface area contributed by atoms with E-state index in [2.05, 4.69) is 46.5 Å². The van der Waals surface area contributed by atoms with Gasteiger partial charge >= 0.3 is 0 Å². The summed E-state index contributed by atoms with van der Waals surface area (Å²) in [4.78, 5) is 24.4. The Hall–Kier alpha value is -1.62. The summed E-state index contributed by atoms with van der Waals surface area (Å²) < 4.78 is 0.965. The molecular formula is C19H25BrN2O2. The summed E-state index contributed by atoms with van der Waals surface area (Å²) in [5.74, 6) is -0.0786. The second-order valence-corrected chi connectivity index (χ2v) is 8.21. The number of aryl methyl sites for hydroxylation is 1. The van der Waals surface area contributed by atoms with E-state index >= 15 is 0 Å². The first kappa shape index (κ1) is 18.7. The average molecular weight is 393 g/mol. The second-order valence-electron chi connectivity index (χ2n) is 7.29. The minimum atomic E-state index is -0.217. The molecule has 0 heterocycles. The fourth-order valence-corrected chi connectivity index (χ4v) is 3.56. The monoisotopic (exact) mass is 392 g/mol. The number of amides is 2. The highest BCUT2D eigenvalue weighted by molar-refractivity contribution is 9.10. The van der Waals surface area contributed by atoms with Crippen LogP contribution in [0.2, 0.25) is 0 Å². The van der Waals surface area contributed by atoms with Crippen LogP contribution in [0.15, 0.2) is 34.3 Å². The molecule has 5 heteroatoms. The van der Waals surface area contributed by atoms with Crippen LogP contribution in [0.5, 0.6) is 0 Å². The molecule has 1 fully saturated rings. The fourth-order valence-electron chi connectivity index (χ4n) is 3.09. The Morgan fingerprint density at radius 2 is 1.96 bits per heavy atom. The number of anilines is 1. The van der Waals surface area contributed by atoms with Gasteiger partial charge in [-0.2, -0.15) is 0 Å². The van der Waals surface area contributed by atoms with Crippen molar-refractivity contribution in [1.82, 2.24) is 5.32 Å². The molecule has 1 aromatic rings. The van der Waals surface area contributed by atoms with Crippen molar-refractivity contribution in [2.45, 2.75) is 34.6 Å². The van der Waals surface area contributed by atoms with Crippen LogP contribution in [0.25, 0.3) is 0 Å². The van der Waals surface area contributed by atoms with Gasteiger partial charge in [0, 0.05) is 10.2 Å². The van der Waals surface area contributed by atoms with Gasteiger partial charge in [0.25, 0.3) is 0 Å². The van der Waals surface area contributed by atoms with Crippen molar-refractivity contribution in [2.75, 3.05) is 11.9 Å². The Morgan fingerprint density at radius 3 is 2.54 bits per heavy atom. The van der Waals surface area contributed by atoms with Gasteiger partial charge in [-0.25, -0.2) is 0 Å². The molecule has 0 aromatic heterocycles. The van der Waals surface area contributed by atoms with Gasteiger partial charge in [-0.05, 0) is 55.9 Å². The van der Waals surface area contributed by atoms with Gasteiger partial charge in [0.15, 0.2) is 0 Å². The van der Waals surface area contributed by atoms with E-state index in [0.717, 1.165) is 15.7 Å².